The summed E-state index contributed by atoms with van der Waals surface area (Å²) < 4.78 is 25.6. The maximum Gasteiger partial charge on any atom is 0.248 e. The van der Waals surface area contributed by atoms with Crippen LogP contribution in [0.15, 0.2) is 18.2 Å². The standard InChI is InChI=1S/C13H19N3O3S/c1-2-15-11-7-10(13(14)17)8-12(9-11)16-5-3-4-6-20(16,18)19/h7-9,15H,2-6H2,1H3,(H2,14,17). The van der Waals surface area contributed by atoms with Crippen molar-refractivity contribution < 1.29 is 13.2 Å². The van der Waals surface area contributed by atoms with Crippen LogP contribution in [0.2, 0.25) is 0 Å². The fraction of sp³-hybridized carbons (Fsp3) is 0.462. The number of sulfonamides is 1. The van der Waals surface area contributed by atoms with Gasteiger partial charge in [-0.15, -0.1) is 0 Å². The van der Waals surface area contributed by atoms with Crippen LogP contribution >= 0.6 is 0 Å². The largest absolute Gasteiger partial charge is 0.385 e. The topological polar surface area (TPSA) is 92.5 Å². The molecule has 20 heavy (non-hydrogen) atoms. The maximum atomic E-state index is 12.1. The zero-order valence-corrected chi connectivity index (χ0v) is 12.2. The van der Waals surface area contributed by atoms with Crippen molar-refractivity contribution >= 4 is 27.3 Å². The van der Waals surface area contributed by atoms with Crippen molar-refractivity contribution in [2.45, 2.75) is 19.8 Å². The lowest BCUT2D eigenvalue weighted by atomic mass is 10.1. The summed E-state index contributed by atoms with van der Waals surface area (Å²) in [6, 6.07) is 4.90. The highest BCUT2D eigenvalue weighted by atomic mass is 32.2. The number of hydrogen-bond acceptors (Lipinski definition) is 4. The smallest absolute Gasteiger partial charge is 0.248 e. The van der Waals surface area contributed by atoms with Crippen molar-refractivity contribution in [1.29, 1.82) is 0 Å². The number of carbonyl (C=O) groups is 1. The van der Waals surface area contributed by atoms with Crippen LogP contribution in [0.25, 0.3) is 0 Å². The molecule has 1 aliphatic heterocycles. The van der Waals surface area contributed by atoms with Crippen LogP contribution in [0.5, 0.6) is 0 Å². The third kappa shape index (κ3) is 3.04. The molecule has 1 amide bonds. The molecular weight excluding hydrogens is 278 g/mol. The first-order valence-electron chi connectivity index (χ1n) is 6.63. The Morgan fingerprint density at radius 1 is 1.35 bits per heavy atom. The zero-order valence-electron chi connectivity index (χ0n) is 11.4. The molecule has 6 nitrogen and oxygen atoms in total. The summed E-state index contributed by atoms with van der Waals surface area (Å²) in [6.07, 6.45) is 1.49. The van der Waals surface area contributed by atoms with E-state index in [0.717, 1.165) is 6.42 Å². The highest BCUT2D eigenvalue weighted by molar-refractivity contribution is 7.92. The van der Waals surface area contributed by atoms with Crippen molar-refractivity contribution in [2.75, 3.05) is 28.5 Å². The normalized spacial score (nSPS) is 17.8. The first kappa shape index (κ1) is 14.6. The predicted molar refractivity (Wildman–Crippen MR) is 79.5 cm³/mol. The van der Waals surface area contributed by atoms with Gasteiger partial charge in [0, 0.05) is 24.3 Å². The fourth-order valence-corrected chi connectivity index (χ4v) is 3.91. The summed E-state index contributed by atoms with van der Waals surface area (Å²) in [6.45, 7) is 3.04. The molecule has 1 aromatic rings. The quantitative estimate of drug-likeness (QED) is 0.872. The minimum Gasteiger partial charge on any atom is -0.385 e. The van der Waals surface area contributed by atoms with Crippen molar-refractivity contribution in [1.82, 2.24) is 0 Å². The van der Waals surface area contributed by atoms with Crippen LogP contribution in [0.1, 0.15) is 30.1 Å². The van der Waals surface area contributed by atoms with Gasteiger partial charge in [0.2, 0.25) is 15.9 Å². The number of carbonyl (C=O) groups excluding carboxylic acids is 1. The predicted octanol–water partition coefficient (Wildman–Crippen LogP) is 1.15. The van der Waals surface area contributed by atoms with Crippen molar-refractivity contribution in [3.63, 3.8) is 0 Å². The monoisotopic (exact) mass is 297 g/mol. The summed E-state index contributed by atoms with van der Waals surface area (Å²) in [7, 11) is -3.30. The molecule has 1 saturated heterocycles. The molecule has 1 fully saturated rings. The number of nitrogens with one attached hydrogen (secondary N) is 1. The van der Waals surface area contributed by atoms with Crippen LogP contribution in [0.4, 0.5) is 11.4 Å². The minimum atomic E-state index is -3.30. The lowest BCUT2D eigenvalue weighted by Crippen LogP contribution is -2.38. The van der Waals surface area contributed by atoms with E-state index < -0.39 is 15.9 Å². The lowest BCUT2D eigenvalue weighted by Gasteiger charge is -2.29. The summed E-state index contributed by atoms with van der Waals surface area (Å²) in [4.78, 5) is 11.4. The number of primary amides is 1. The van der Waals surface area contributed by atoms with Gasteiger partial charge < -0.3 is 11.1 Å². The third-order valence-electron chi connectivity index (χ3n) is 3.22. The second kappa shape index (κ2) is 5.70. The number of hydrogen-bond donors (Lipinski definition) is 2. The van der Waals surface area contributed by atoms with Gasteiger partial charge in [-0.1, -0.05) is 0 Å². The number of rotatable bonds is 4. The molecular formula is C13H19N3O3S. The Hall–Kier alpha value is -1.76. The van der Waals surface area contributed by atoms with Crippen LogP contribution < -0.4 is 15.4 Å². The maximum absolute atomic E-state index is 12.1. The average molecular weight is 297 g/mol. The lowest BCUT2D eigenvalue weighted by molar-refractivity contribution is 0.100. The Kier molecular flexibility index (Phi) is 4.17. The highest BCUT2D eigenvalue weighted by Crippen LogP contribution is 2.27. The minimum absolute atomic E-state index is 0.143. The Morgan fingerprint density at radius 2 is 2.10 bits per heavy atom. The van der Waals surface area contributed by atoms with E-state index >= 15 is 0 Å². The van der Waals surface area contributed by atoms with Crippen molar-refractivity contribution in [3.8, 4) is 0 Å². The molecule has 1 heterocycles. The number of nitrogens with zero attached hydrogens (tertiary/aromatic N) is 1. The molecule has 110 valence electrons. The molecule has 0 saturated carbocycles. The highest BCUT2D eigenvalue weighted by Gasteiger charge is 2.26. The van der Waals surface area contributed by atoms with Gasteiger partial charge in [0.15, 0.2) is 0 Å². The van der Waals surface area contributed by atoms with Gasteiger partial charge in [0.25, 0.3) is 0 Å². The van der Waals surface area contributed by atoms with Gasteiger partial charge in [-0.25, -0.2) is 8.42 Å². The Balaban J connectivity index is 2.46. The van der Waals surface area contributed by atoms with Gasteiger partial charge in [0.05, 0.1) is 11.4 Å². The summed E-state index contributed by atoms with van der Waals surface area (Å²) in [5.41, 5.74) is 6.81. The number of anilines is 2. The molecule has 0 unspecified atom stereocenters. The summed E-state index contributed by atoms with van der Waals surface area (Å²) >= 11 is 0. The molecule has 0 aliphatic carbocycles. The first-order chi connectivity index (χ1) is 9.44. The van der Waals surface area contributed by atoms with Gasteiger partial charge in [-0.2, -0.15) is 0 Å². The van der Waals surface area contributed by atoms with Crippen LogP contribution in [0.3, 0.4) is 0 Å². The molecule has 0 spiro atoms. The molecule has 2 rings (SSSR count). The first-order valence-corrected chi connectivity index (χ1v) is 8.24. The van der Waals surface area contributed by atoms with Crippen LogP contribution in [0, 0.1) is 0 Å². The number of benzene rings is 1. The molecule has 0 aromatic heterocycles. The van der Waals surface area contributed by atoms with Crippen molar-refractivity contribution in [3.05, 3.63) is 23.8 Å². The molecule has 0 radical (unpaired) electrons. The van der Waals surface area contributed by atoms with E-state index in [1.807, 2.05) is 6.92 Å². The van der Waals surface area contributed by atoms with Crippen LogP contribution in [-0.4, -0.2) is 33.2 Å². The Morgan fingerprint density at radius 3 is 2.70 bits per heavy atom. The molecule has 3 N–H and O–H groups in total. The van der Waals surface area contributed by atoms with Crippen molar-refractivity contribution in [2.24, 2.45) is 5.73 Å². The SMILES string of the molecule is CCNc1cc(C(N)=O)cc(N2CCCCS2(=O)=O)c1. The van der Waals surface area contributed by atoms with E-state index in [1.165, 1.54) is 10.4 Å². The molecule has 0 atom stereocenters. The van der Waals surface area contributed by atoms with Gasteiger partial charge in [-0.3, -0.25) is 9.10 Å². The van der Waals surface area contributed by atoms with E-state index in [0.29, 0.717) is 36.4 Å². The fourth-order valence-electron chi connectivity index (χ4n) is 2.28. The molecule has 7 heteroatoms. The summed E-state index contributed by atoms with van der Waals surface area (Å²) in [5, 5.41) is 3.08. The number of amides is 1. The molecule has 1 aromatic carbocycles. The Bertz CT molecular complexity index is 613. The third-order valence-corrected chi connectivity index (χ3v) is 5.09. The van der Waals surface area contributed by atoms with Gasteiger partial charge in [0.1, 0.15) is 0 Å². The van der Waals surface area contributed by atoms with E-state index in [4.69, 9.17) is 5.73 Å². The second-order valence-electron chi connectivity index (χ2n) is 4.76. The summed E-state index contributed by atoms with van der Waals surface area (Å²) in [5.74, 6) is -0.426. The molecule has 1 aliphatic rings. The van der Waals surface area contributed by atoms with E-state index in [1.54, 1.807) is 12.1 Å². The van der Waals surface area contributed by atoms with Gasteiger partial charge >= 0.3 is 0 Å². The van der Waals surface area contributed by atoms with E-state index in [2.05, 4.69) is 5.32 Å². The van der Waals surface area contributed by atoms with E-state index in [-0.39, 0.29) is 5.75 Å². The second-order valence-corrected chi connectivity index (χ2v) is 6.77. The average Bonchev–Trinajstić information content (AvgIpc) is 2.38. The number of nitrogens with two attached hydrogens (primary N) is 1. The zero-order chi connectivity index (χ0) is 14.8. The van der Waals surface area contributed by atoms with Gasteiger partial charge in [-0.05, 0) is 38.0 Å². The van der Waals surface area contributed by atoms with E-state index in [9.17, 15) is 13.2 Å². The molecule has 0 bridgehead atoms. The Labute approximate surface area is 119 Å². The van der Waals surface area contributed by atoms with Crippen LogP contribution in [-0.2, 0) is 10.0 Å².